The molecule has 1 N–H and O–H groups in total. The van der Waals surface area contributed by atoms with Crippen LogP contribution in [0.15, 0.2) is 0 Å². The molecule has 3 heteroatoms. The van der Waals surface area contributed by atoms with Crippen molar-refractivity contribution >= 4 is 0 Å². The number of rotatable bonds is 5. The maximum atomic E-state index is 5.86. The molecule has 0 amide bonds. The number of ether oxygens (including phenoxy) is 2. The molecule has 0 aromatic heterocycles. The second kappa shape index (κ2) is 6.36. The second-order valence-corrected chi connectivity index (χ2v) is 7.94. The van der Waals surface area contributed by atoms with Crippen molar-refractivity contribution in [1.82, 2.24) is 5.32 Å². The Morgan fingerprint density at radius 3 is 1.28 bits per heavy atom. The predicted octanol–water partition coefficient (Wildman–Crippen LogP) is 3.37. The summed E-state index contributed by atoms with van der Waals surface area (Å²) in [5.74, 6) is 0. The molecule has 0 unspecified atom stereocenters. The van der Waals surface area contributed by atoms with Crippen LogP contribution < -0.4 is 5.32 Å². The highest BCUT2D eigenvalue weighted by Crippen LogP contribution is 2.12. The molecule has 0 aromatic rings. The maximum absolute atomic E-state index is 5.86. The third-order valence-electron chi connectivity index (χ3n) is 2.07. The molecule has 0 atom stereocenters. The minimum absolute atomic E-state index is 0.0627. The third-order valence-corrected chi connectivity index (χ3v) is 2.07. The zero-order chi connectivity index (χ0) is 14.6. The molecule has 0 bridgehead atoms. The quantitative estimate of drug-likeness (QED) is 0.821. The SMILES string of the molecule is CC(C)(C)NC(COC(C)(C)C)COC(C)(C)C. The third kappa shape index (κ3) is 12.3. The molecule has 18 heavy (non-hydrogen) atoms. The number of hydrogen-bond acceptors (Lipinski definition) is 3. The first kappa shape index (κ1) is 17.9. The molecule has 0 heterocycles. The van der Waals surface area contributed by atoms with Gasteiger partial charge in [-0.15, -0.1) is 0 Å². The Kier molecular flexibility index (Phi) is 6.31. The fourth-order valence-electron chi connectivity index (χ4n) is 1.45. The molecular weight excluding hydrogens is 226 g/mol. The highest BCUT2D eigenvalue weighted by molar-refractivity contribution is 4.79. The molecule has 110 valence electrons. The van der Waals surface area contributed by atoms with Crippen LogP contribution in [0.5, 0.6) is 0 Å². The highest BCUT2D eigenvalue weighted by Gasteiger charge is 2.22. The molecular formula is C15H33NO2. The van der Waals surface area contributed by atoms with E-state index < -0.39 is 0 Å². The normalized spacial score (nSPS) is 14.3. The Balaban J connectivity index is 4.35. The van der Waals surface area contributed by atoms with Crippen LogP contribution in [0, 0.1) is 0 Å². The van der Waals surface area contributed by atoms with Crippen molar-refractivity contribution in [2.75, 3.05) is 13.2 Å². The monoisotopic (exact) mass is 259 g/mol. The summed E-state index contributed by atoms with van der Waals surface area (Å²) in [6.07, 6.45) is 0. The van der Waals surface area contributed by atoms with Gasteiger partial charge in [0.05, 0.1) is 30.5 Å². The van der Waals surface area contributed by atoms with Crippen molar-refractivity contribution in [3.05, 3.63) is 0 Å². The standard InChI is InChI=1S/C15H33NO2/c1-13(2,3)16-12(10-17-14(4,5)6)11-18-15(7,8)9/h12,16H,10-11H2,1-9H3. The smallest absolute Gasteiger partial charge is 0.0649 e. The average Bonchev–Trinajstić information content (AvgIpc) is 2.05. The molecule has 0 radical (unpaired) electrons. The van der Waals surface area contributed by atoms with Gasteiger partial charge in [-0.2, -0.15) is 0 Å². The first-order valence-electron chi connectivity index (χ1n) is 6.84. The Labute approximate surface area is 114 Å². The largest absolute Gasteiger partial charge is 0.374 e. The van der Waals surface area contributed by atoms with Crippen LogP contribution in [0.25, 0.3) is 0 Å². The molecule has 0 aliphatic heterocycles. The Bertz CT molecular complexity index is 212. The molecule has 0 fully saturated rings. The molecule has 0 saturated heterocycles. The highest BCUT2D eigenvalue weighted by atomic mass is 16.5. The van der Waals surface area contributed by atoms with Crippen LogP contribution in [0.4, 0.5) is 0 Å². The van der Waals surface area contributed by atoms with Crippen molar-refractivity contribution in [3.63, 3.8) is 0 Å². The molecule has 3 nitrogen and oxygen atoms in total. The van der Waals surface area contributed by atoms with E-state index in [0.29, 0.717) is 13.2 Å². The maximum Gasteiger partial charge on any atom is 0.0649 e. The van der Waals surface area contributed by atoms with Crippen molar-refractivity contribution in [2.24, 2.45) is 0 Å². The van der Waals surface area contributed by atoms with Crippen LogP contribution in [0.1, 0.15) is 62.3 Å². The molecule has 0 aliphatic carbocycles. The minimum atomic E-state index is -0.112. The van der Waals surface area contributed by atoms with Crippen molar-refractivity contribution in [1.29, 1.82) is 0 Å². The van der Waals surface area contributed by atoms with Crippen molar-refractivity contribution in [2.45, 2.75) is 85.1 Å². The Morgan fingerprint density at radius 1 is 0.722 bits per heavy atom. The minimum Gasteiger partial charge on any atom is -0.374 e. The van der Waals surface area contributed by atoms with E-state index >= 15 is 0 Å². The zero-order valence-corrected chi connectivity index (χ0v) is 13.8. The van der Waals surface area contributed by atoms with Crippen LogP contribution in [-0.4, -0.2) is 36.0 Å². The summed E-state index contributed by atoms with van der Waals surface area (Å²) in [5.41, 5.74) is -0.160. The predicted molar refractivity (Wildman–Crippen MR) is 78.1 cm³/mol. The van der Waals surface area contributed by atoms with Crippen molar-refractivity contribution < 1.29 is 9.47 Å². The topological polar surface area (TPSA) is 30.5 Å². The molecule has 0 spiro atoms. The van der Waals surface area contributed by atoms with E-state index in [1.165, 1.54) is 0 Å². The Morgan fingerprint density at radius 2 is 1.06 bits per heavy atom. The van der Waals surface area contributed by atoms with Gasteiger partial charge in [-0.25, -0.2) is 0 Å². The van der Waals surface area contributed by atoms with Gasteiger partial charge in [0.1, 0.15) is 0 Å². The van der Waals surface area contributed by atoms with Crippen LogP contribution >= 0.6 is 0 Å². The lowest BCUT2D eigenvalue weighted by Crippen LogP contribution is -2.50. The lowest BCUT2D eigenvalue weighted by Gasteiger charge is -2.32. The summed E-state index contributed by atoms with van der Waals surface area (Å²) in [4.78, 5) is 0. The first-order valence-corrected chi connectivity index (χ1v) is 6.84. The summed E-state index contributed by atoms with van der Waals surface area (Å²) in [6.45, 7) is 20.3. The molecule has 0 saturated carbocycles. The van der Waals surface area contributed by atoms with Gasteiger partial charge in [0, 0.05) is 5.54 Å². The summed E-state index contributed by atoms with van der Waals surface area (Å²) in [7, 11) is 0. The summed E-state index contributed by atoms with van der Waals surface area (Å²) >= 11 is 0. The summed E-state index contributed by atoms with van der Waals surface area (Å²) in [5, 5.41) is 3.55. The van der Waals surface area contributed by atoms with Gasteiger partial charge in [-0.1, -0.05) is 0 Å². The lowest BCUT2D eigenvalue weighted by molar-refractivity contribution is -0.0589. The van der Waals surface area contributed by atoms with Crippen LogP contribution in [0.3, 0.4) is 0 Å². The van der Waals surface area contributed by atoms with E-state index in [4.69, 9.17) is 9.47 Å². The van der Waals surface area contributed by atoms with Crippen molar-refractivity contribution in [3.8, 4) is 0 Å². The Hall–Kier alpha value is -0.120. The van der Waals surface area contributed by atoms with E-state index in [1.54, 1.807) is 0 Å². The van der Waals surface area contributed by atoms with Gasteiger partial charge >= 0.3 is 0 Å². The van der Waals surface area contributed by atoms with Crippen LogP contribution in [-0.2, 0) is 9.47 Å². The summed E-state index contributed by atoms with van der Waals surface area (Å²) in [6, 6.07) is 0.212. The molecule has 0 aliphatic rings. The van der Waals surface area contributed by atoms with Gasteiger partial charge in [-0.3, -0.25) is 0 Å². The van der Waals surface area contributed by atoms with E-state index in [1.807, 2.05) is 0 Å². The fourth-order valence-corrected chi connectivity index (χ4v) is 1.45. The molecule has 0 aromatic carbocycles. The zero-order valence-electron chi connectivity index (χ0n) is 13.8. The van der Waals surface area contributed by atoms with E-state index in [0.717, 1.165) is 0 Å². The first-order chi connectivity index (χ1) is 7.79. The van der Waals surface area contributed by atoms with Gasteiger partial charge < -0.3 is 14.8 Å². The average molecular weight is 259 g/mol. The van der Waals surface area contributed by atoms with E-state index in [9.17, 15) is 0 Å². The second-order valence-electron chi connectivity index (χ2n) is 7.94. The molecule has 0 rings (SSSR count). The van der Waals surface area contributed by atoms with Gasteiger partial charge in [0.2, 0.25) is 0 Å². The summed E-state index contributed by atoms with van der Waals surface area (Å²) < 4.78 is 11.7. The van der Waals surface area contributed by atoms with Gasteiger partial charge in [0.15, 0.2) is 0 Å². The number of nitrogens with one attached hydrogen (secondary N) is 1. The van der Waals surface area contributed by atoms with Gasteiger partial charge in [-0.05, 0) is 62.3 Å². The van der Waals surface area contributed by atoms with Crippen LogP contribution in [0.2, 0.25) is 0 Å². The van der Waals surface area contributed by atoms with E-state index in [2.05, 4.69) is 67.6 Å². The lowest BCUT2D eigenvalue weighted by atomic mass is 10.1. The number of hydrogen-bond donors (Lipinski definition) is 1. The fraction of sp³-hybridized carbons (Fsp3) is 1.00. The van der Waals surface area contributed by atoms with Gasteiger partial charge in [0.25, 0.3) is 0 Å². The van der Waals surface area contributed by atoms with E-state index in [-0.39, 0.29) is 22.8 Å².